The largest absolute Gasteiger partial charge is 0.347 e. The summed E-state index contributed by atoms with van der Waals surface area (Å²) < 4.78 is 2.35. The molecule has 0 radical (unpaired) electrons. The Kier molecular flexibility index (Phi) is 4.43. The number of hydrogen-bond acceptors (Lipinski definition) is 1. The molecule has 0 aliphatic heterocycles. The molecule has 0 fully saturated rings. The molecule has 0 unspecified atom stereocenters. The van der Waals surface area contributed by atoms with Crippen LogP contribution >= 0.6 is 0 Å². The van der Waals surface area contributed by atoms with E-state index in [0.717, 1.165) is 19.6 Å². The Labute approximate surface area is 110 Å². The van der Waals surface area contributed by atoms with E-state index in [1.54, 1.807) is 0 Å². The fourth-order valence-corrected chi connectivity index (χ4v) is 2.37. The van der Waals surface area contributed by atoms with Gasteiger partial charge in [-0.05, 0) is 36.6 Å². The molecule has 2 heteroatoms. The maximum absolute atomic E-state index is 3.53. The summed E-state index contributed by atoms with van der Waals surface area (Å²) in [6.07, 6.45) is 3.39. The predicted octanol–water partition coefficient (Wildman–Crippen LogP) is 3.80. The molecule has 2 rings (SSSR count). The van der Waals surface area contributed by atoms with Crippen molar-refractivity contribution >= 4 is 10.9 Å². The van der Waals surface area contributed by atoms with Gasteiger partial charge < -0.3 is 9.88 Å². The van der Waals surface area contributed by atoms with E-state index in [1.807, 2.05) is 0 Å². The lowest BCUT2D eigenvalue weighted by Crippen LogP contribution is -2.19. The first-order valence-corrected chi connectivity index (χ1v) is 6.99. The summed E-state index contributed by atoms with van der Waals surface area (Å²) in [4.78, 5) is 0. The average molecular weight is 244 g/mol. The molecule has 0 bridgehead atoms. The third-order valence-corrected chi connectivity index (χ3v) is 3.24. The van der Waals surface area contributed by atoms with Gasteiger partial charge >= 0.3 is 0 Å². The van der Waals surface area contributed by atoms with Crippen LogP contribution in [0.4, 0.5) is 0 Å². The highest BCUT2D eigenvalue weighted by atomic mass is 14.9. The summed E-state index contributed by atoms with van der Waals surface area (Å²) in [5, 5.41) is 4.92. The Morgan fingerprint density at radius 1 is 1.22 bits per heavy atom. The fourth-order valence-electron chi connectivity index (χ4n) is 2.37. The van der Waals surface area contributed by atoms with Gasteiger partial charge in [0.15, 0.2) is 0 Å². The maximum Gasteiger partial charge on any atom is 0.0483 e. The van der Waals surface area contributed by atoms with Crippen LogP contribution in [-0.4, -0.2) is 11.1 Å². The molecule has 0 saturated heterocycles. The van der Waals surface area contributed by atoms with Crippen LogP contribution in [-0.2, 0) is 13.1 Å². The summed E-state index contributed by atoms with van der Waals surface area (Å²) >= 11 is 0. The van der Waals surface area contributed by atoms with Gasteiger partial charge in [-0.1, -0.05) is 32.9 Å². The van der Waals surface area contributed by atoms with Gasteiger partial charge in [-0.15, -0.1) is 0 Å². The zero-order valence-electron chi connectivity index (χ0n) is 11.7. The van der Waals surface area contributed by atoms with Crippen LogP contribution in [0.2, 0.25) is 0 Å². The maximum atomic E-state index is 3.53. The van der Waals surface area contributed by atoms with Gasteiger partial charge in [0.05, 0.1) is 0 Å². The van der Waals surface area contributed by atoms with E-state index >= 15 is 0 Å². The Morgan fingerprint density at radius 2 is 2.06 bits per heavy atom. The molecule has 1 N–H and O–H groups in total. The molecule has 1 heterocycles. The lowest BCUT2D eigenvalue weighted by molar-refractivity contribution is 0.553. The molecular formula is C16H24N2. The van der Waals surface area contributed by atoms with Crippen molar-refractivity contribution in [2.75, 3.05) is 6.54 Å². The van der Waals surface area contributed by atoms with E-state index < -0.39 is 0 Å². The van der Waals surface area contributed by atoms with Gasteiger partial charge in [0.1, 0.15) is 0 Å². The second kappa shape index (κ2) is 6.05. The van der Waals surface area contributed by atoms with Crippen molar-refractivity contribution in [1.82, 2.24) is 9.88 Å². The minimum absolute atomic E-state index is 0.703. The number of hydrogen-bond donors (Lipinski definition) is 1. The predicted molar refractivity (Wildman–Crippen MR) is 78.8 cm³/mol. The van der Waals surface area contributed by atoms with Crippen molar-refractivity contribution in [3.63, 3.8) is 0 Å². The third-order valence-electron chi connectivity index (χ3n) is 3.24. The van der Waals surface area contributed by atoms with Gasteiger partial charge in [-0.2, -0.15) is 0 Å². The van der Waals surface area contributed by atoms with Crippen molar-refractivity contribution in [3.05, 3.63) is 36.0 Å². The highest BCUT2D eigenvalue weighted by Gasteiger charge is 2.05. The average Bonchev–Trinajstić information content (AvgIpc) is 2.74. The second-order valence-corrected chi connectivity index (χ2v) is 5.38. The van der Waals surface area contributed by atoms with Gasteiger partial charge in [0, 0.05) is 30.2 Å². The minimum atomic E-state index is 0.703. The van der Waals surface area contributed by atoms with Crippen LogP contribution in [0.25, 0.3) is 10.9 Å². The number of nitrogens with zero attached hydrogens (tertiary/aromatic N) is 1. The van der Waals surface area contributed by atoms with E-state index in [2.05, 4.69) is 61.1 Å². The number of fused-ring (bicyclic) bond motifs is 1. The number of aromatic nitrogens is 1. The van der Waals surface area contributed by atoms with E-state index in [-0.39, 0.29) is 0 Å². The molecule has 0 atom stereocenters. The molecule has 0 aliphatic carbocycles. The number of benzene rings is 1. The standard InChI is InChI=1S/C16H24N2/c1-4-9-18-10-8-15-14(6-5-7-16(15)18)12-17-11-13(2)3/h5-8,10,13,17H,4,9,11-12H2,1-3H3. The fraction of sp³-hybridized carbons (Fsp3) is 0.500. The number of rotatable bonds is 6. The molecule has 0 amide bonds. The second-order valence-electron chi connectivity index (χ2n) is 5.38. The third kappa shape index (κ3) is 2.94. The molecule has 18 heavy (non-hydrogen) atoms. The Bertz CT molecular complexity index is 497. The van der Waals surface area contributed by atoms with Crippen molar-refractivity contribution in [3.8, 4) is 0 Å². The Balaban J connectivity index is 2.18. The first-order valence-electron chi connectivity index (χ1n) is 6.99. The molecule has 0 aliphatic rings. The number of nitrogens with one attached hydrogen (secondary N) is 1. The van der Waals surface area contributed by atoms with Crippen LogP contribution in [0.5, 0.6) is 0 Å². The molecule has 2 nitrogen and oxygen atoms in total. The van der Waals surface area contributed by atoms with Crippen molar-refractivity contribution in [2.45, 2.75) is 40.3 Å². The summed E-state index contributed by atoms with van der Waals surface area (Å²) in [5.74, 6) is 0.703. The first kappa shape index (κ1) is 13.2. The molecular weight excluding hydrogens is 220 g/mol. The molecule has 1 aromatic carbocycles. The lowest BCUT2D eigenvalue weighted by atomic mass is 10.1. The zero-order valence-corrected chi connectivity index (χ0v) is 11.7. The van der Waals surface area contributed by atoms with Gasteiger partial charge in [-0.25, -0.2) is 0 Å². The van der Waals surface area contributed by atoms with Crippen molar-refractivity contribution < 1.29 is 0 Å². The van der Waals surface area contributed by atoms with Crippen LogP contribution in [0.15, 0.2) is 30.5 Å². The highest BCUT2D eigenvalue weighted by Crippen LogP contribution is 2.20. The Morgan fingerprint density at radius 3 is 2.78 bits per heavy atom. The highest BCUT2D eigenvalue weighted by molar-refractivity contribution is 5.83. The van der Waals surface area contributed by atoms with Gasteiger partial charge in [0.25, 0.3) is 0 Å². The van der Waals surface area contributed by atoms with Gasteiger partial charge in [0.2, 0.25) is 0 Å². The summed E-state index contributed by atoms with van der Waals surface area (Å²) in [7, 11) is 0. The van der Waals surface area contributed by atoms with E-state index in [4.69, 9.17) is 0 Å². The minimum Gasteiger partial charge on any atom is -0.347 e. The van der Waals surface area contributed by atoms with Crippen molar-refractivity contribution in [1.29, 1.82) is 0 Å². The molecule has 0 saturated carbocycles. The molecule has 1 aromatic heterocycles. The van der Waals surface area contributed by atoms with Crippen LogP contribution in [0, 0.1) is 5.92 Å². The van der Waals surface area contributed by atoms with Crippen LogP contribution in [0.3, 0.4) is 0 Å². The quantitative estimate of drug-likeness (QED) is 0.818. The monoisotopic (exact) mass is 244 g/mol. The number of aryl methyl sites for hydroxylation is 1. The summed E-state index contributed by atoms with van der Waals surface area (Å²) in [6.45, 7) is 9.85. The zero-order chi connectivity index (χ0) is 13.0. The van der Waals surface area contributed by atoms with Crippen LogP contribution in [0.1, 0.15) is 32.8 Å². The molecule has 0 spiro atoms. The SMILES string of the molecule is CCCn1ccc2c(CNCC(C)C)cccc21. The van der Waals surface area contributed by atoms with E-state index in [0.29, 0.717) is 5.92 Å². The smallest absolute Gasteiger partial charge is 0.0483 e. The normalized spacial score (nSPS) is 11.6. The topological polar surface area (TPSA) is 17.0 Å². The first-order chi connectivity index (χ1) is 8.72. The molecule has 98 valence electrons. The summed E-state index contributed by atoms with van der Waals surface area (Å²) in [5.41, 5.74) is 2.77. The van der Waals surface area contributed by atoms with E-state index in [1.165, 1.54) is 22.9 Å². The van der Waals surface area contributed by atoms with Crippen molar-refractivity contribution in [2.24, 2.45) is 5.92 Å². The van der Waals surface area contributed by atoms with E-state index in [9.17, 15) is 0 Å². The van der Waals surface area contributed by atoms with Gasteiger partial charge in [-0.3, -0.25) is 0 Å². The van der Waals surface area contributed by atoms with Crippen LogP contribution < -0.4 is 5.32 Å². The Hall–Kier alpha value is -1.28. The lowest BCUT2D eigenvalue weighted by Gasteiger charge is -2.09. The molecule has 2 aromatic rings. The summed E-state index contributed by atoms with van der Waals surface area (Å²) in [6, 6.07) is 8.86.